The van der Waals surface area contributed by atoms with E-state index in [1.165, 1.54) is 4.90 Å². The van der Waals surface area contributed by atoms with E-state index < -0.39 is 68.2 Å². The van der Waals surface area contributed by atoms with Crippen molar-refractivity contribution in [1.29, 1.82) is 0 Å². The zero-order valence-electron chi connectivity index (χ0n) is 28.0. The van der Waals surface area contributed by atoms with Gasteiger partial charge in [0.05, 0.1) is 18.4 Å². The Kier molecular flexibility index (Phi) is 10.4. The molecule has 4 amide bonds. The standard InChI is InChI=1S/C34H50N4O8S/c1-5-23-20-34(23,31(41)37-47(43,44)25-16-17-25)36-29(39)26-19-24-21-38(26)30(40)28(33(2,3)4)35-32(42)45-18-12-8-6-7-9-13-22-14-10-11-15-27(22)46-24/h10-11,14-15,23-26,28H,5-9,12-13,16-21H2,1-4H3,(H,35,42)(H,36,39)(H,37,41)/t23?,24-,26+,28-,34-/m1/s1. The maximum Gasteiger partial charge on any atom is 0.407 e. The summed E-state index contributed by atoms with van der Waals surface area (Å²) in [6.45, 7) is 7.69. The number of nitrogens with zero attached hydrogens (tertiary/aromatic N) is 1. The second-order valence-corrected chi connectivity index (χ2v) is 16.6. The van der Waals surface area contributed by atoms with Crippen LogP contribution in [-0.4, -0.2) is 79.3 Å². The van der Waals surface area contributed by atoms with Crippen molar-refractivity contribution in [2.45, 2.75) is 127 Å². The van der Waals surface area contributed by atoms with Crippen LogP contribution >= 0.6 is 0 Å². The van der Waals surface area contributed by atoms with Crippen molar-refractivity contribution in [3.8, 4) is 5.75 Å². The summed E-state index contributed by atoms with van der Waals surface area (Å²) in [7, 11) is -3.82. The first-order valence-electron chi connectivity index (χ1n) is 17.1. The average molecular weight is 675 g/mol. The Hall–Kier alpha value is -3.35. The third-order valence-electron chi connectivity index (χ3n) is 9.86. The molecule has 2 bridgehead atoms. The lowest BCUT2D eigenvalue weighted by atomic mass is 9.85. The van der Waals surface area contributed by atoms with Crippen molar-refractivity contribution < 1.29 is 37.1 Å². The van der Waals surface area contributed by atoms with Gasteiger partial charge in [-0.25, -0.2) is 13.2 Å². The van der Waals surface area contributed by atoms with E-state index in [2.05, 4.69) is 15.4 Å². The second-order valence-electron chi connectivity index (χ2n) is 14.6. The molecule has 4 aliphatic rings. The summed E-state index contributed by atoms with van der Waals surface area (Å²) in [5.74, 6) is -1.31. The highest BCUT2D eigenvalue weighted by Gasteiger charge is 2.62. The van der Waals surface area contributed by atoms with E-state index in [9.17, 15) is 27.6 Å². The van der Waals surface area contributed by atoms with Crippen LogP contribution in [0.1, 0.15) is 97.5 Å². The summed E-state index contributed by atoms with van der Waals surface area (Å²) in [4.78, 5) is 56.1. The quantitative estimate of drug-likeness (QED) is 0.413. The molecule has 3 N–H and O–H groups in total. The van der Waals surface area contributed by atoms with Gasteiger partial charge in [0.1, 0.15) is 29.5 Å². The summed E-state index contributed by atoms with van der Waals surface area (Å²) in [6, 6.07) is 5.76. The molecule has 2 aliphatic carbocycles. The van der Waals surface area contributed by atoms with E-state index >= 15 is 0 Å². The third kappa shape index (κ3) is 8.21. The predicted octanol–water partition coefficient (Wildman–Crippen LogP) is 3.58. The SMILES string of the molecule is CCC1C[C@]1(NC(=O)[C@@H]1C[C@@H]2CN1C(=O)[C@H](C(C)(C)C)NC(=O)OCCCCCCCc1ccccc1O2)C(=O)NS(=O)(=O)C1CC1. The second kappa shape index (κ2) is 14.0. The van der Waals surface area contributed by atoms with Gasteiger partial charge in [-0.2, -0.15) is 0 Å². The lowest BCUT2D eigenvalue weighted by Crippen LogP contribution is -2.60. The van der Waals surface area contributed by atoms with Gasteiger partial charge in [0, 0.05) is 6.42 Å². The highest BCUT2D eigenvalue weighted by molar-refractivity contribution is 7.91. The largest absolute Gasteiger partial charge is 0.488 e. The van der Waals surface area contributed by atoms with Gasteiger partial charge < -0.3 is 25.0 Å². The number of hydrogen-bond acceptors (Lipinski definition) is 8. The first-order chi connectivity index (χ1) is 22.2. The topological polar surface area (TPSA) is 160 Å². The summed E-state index contributed by atoms with van der Waals surface area (Å²) < 4.78 is 39.4. The molecule has 1 aromatic rings. The first-order valence-corrected chi connectivity index (χ1v) is 18.7. The Bertz CT molecular complexity index is 1460. The molecule has 0 aromatic heterocycles. The molecule has 12 nitrogen and oxygen atoms in total. The summed E-state index contributed by atoms with van der Waals surface area (Å²) in [5.41, 5.74) is -1.06. The van der Waals surface area contributed by atoms with Crippen LogP contribution in [0.25, 0.3) is 0 Å². The van der Waals surface area contributed by atoms with Gasteiger partial charge in [0.2, 0.25) is 21.8 Å². The van der Waals surface area contributed by atoms with Gasteiger partial charge in [-0.05, 0) is 61.5 Å². The van der Waals surface area contributed by atoms with Crippen molar-refractivity contribution >= 4 is 33.8 Å². The highest BCUT2D eigenvalue weighted by atomic mass is 32.2. The number of cyclic esters (lactones) is 1. The Balaban J connectivity index is 1.43. The number of benzene rings is 1. The molecule has 13 heteroatoms. The Labute approximate surface area is 278 Å². The van der Waals surface area contributed by atoms with Gasteiger partial charge in [-0.1, -0.05) is 71.6 Å². The molecule has 1 saturated heterocycles. The van der Waals surface area contributed by atoms with Gasteiger partial charge in [-0.3, -0.25) is 19.1 Å². The molecule has 3 fully saturated rings. The average Bonchev–Trinajstić information content (AvgIpc) is 3.93. The van der Waals surface area contributed by atoms with Gasteiger partial charge >= 0.3 is 6.09 Å². The monoisotopic (exact) mass is 674 g/mol. The van der Waals surface area contributed by atoms with Crippen LogP contribution < -0.4 is 20.1 Å². The zero-order valence-corrected chi connectivity index (χ0v) is 28.8. The van der Waals surface area contributed by atoms with E-state index in [-0.39, 0.29) is 25.5 Å². The number of alkyl carbamates (subject to hydrolysis) is 1. The molecule has 0 spiro atoms. The molecule has 1 unspecified atom stereocenters. The van der Waals surface area contributed by atoms with Crippen LogP contribution in [0.15, 0.2) is 24.3 Å². The molecule has 5 rings (SSSR count). The number of fused-ring (bicyclic) bond motifs is 3. The number of ether oxygens (including phenoxy) is 2. The van der Waals surface area contributed by atoms with Crippen LogP contribution in [0, 0.1) is 11.3 Å². The van der Waals surface area contributed by atoms with E-state index in [4.69, 9.17) is 9.47 Å². The number of aryl methyl sites for hydroxylation is 1. The number of amides is 4. The lowest BCUT2D eigenvalue weighted by Gasteiger charge is -2.35. The molecule has 0 radical (unpaired) electrons. The molecular formula is C34H50N4O8S. The fraction of sp³-hybridized carbons (Fsp3) is 0.706. The van der Waals surface area contributed by atoms with E-state index in [1.807, 2.05) is 52.0 Å². The van der Waals surface area contributed by atoms with Crippen molar-refractivity contribution in [2.24, 2.45) is 11.3 Å². The fourth-order valence-electron chi connectivity index (χ4n) is 6.76. The van der Waals surface area contributed by atoms with Gasteiger partial charge in [-0.15, -0.1) is 0 Å². The number of sulfonamides is 1. The number of para-hydroxylation sites is 1. The third-order valence-corrected chi connectivity index (χ3v) is 11.7. The summed E-state index contributed by atoms with van der Waals surface area (Å²) >= 11 is 0. The normalized spacial score (nSPS) is 29.2. The van der Waals surface area contributed by atoms with Gasteiger partial charge in [0.15, 0.2) is 0 Å². The molecular weight excluding hydrogens is 624 g/mol. The van der Waals surface area contributed by atoms with Crippen LogP contribution in [0.4, 0.5) is 4.79 Å². The number of nitrogens with one attached hydrogen (secondary N) is 3. The van der Waals surface area contributed by atoms with Crippen LogP contribution in [0.2, 0.25) is 0 Å². The number of hydrogen-bond donors (Lipinski definition) is 3. The van der Waals surface area contributed by atoms with E-state index in [1.54, 1.807) is 0 Å². The molecule has 2 saturated carbocycles. The first kappa shape index (κ1) is 35.0. The number of rotatable bonds is 6. The molecule has 5 atom stereocenters. The summed E-state index contributed by atoms with van der Waals surface area (Å²) in [5, 5.41) is 5.04. The maximum absolute atomic E-state index is 14.3. The molecule has 47 heavy (non-hydrogen) atoms. The van der Waals surface area contributed by atoms with E-state index in [0.29, 0.717) is 37.9 Å². The van der Waals surface area contributed by atoms with Crippen molar-refractivity contribution in [1.82, 2.24) is 20.3 Å². The maximum atomic E-state index is 14.3. The molecule has 1 aromatic carbocycles. The fourth-order valence-corrected chi connectivity index (χ4v) is 8.13. The van der Waals surface area contributed by atoms with Crippen LogP contribution in [0.3, 0.4) is 0 Å². The van der Waals surface area contributed by atoms with Crippen LogP contribution in [0.5, 0.6) is 5.75 Å². The van der Waals surface area contributed by atoms with E-state index in [0.717, 1.165) is 37.7 Å². The van der Waals surface area contributed by atoms with Gasteiger partial charge in [0.25, 0.3) is 5.91 Å². The molecule has 2 heterocycles. The predicted molar refractivity (Wildman–Crippen MR) is 175 cm³/mol. The molecule has 260 valence electrons. The Morgan fingerprint density at radius 2 is 1.77 bits per heavy atom. The van der Waals surface area contributed by atoms with Crippen molar-refractivity contribution in [3.05, 3.63) is 29.8 Å². The minimum Gasteiger partial charge on any atom is -0.488 e. The number of carbonyl (C=O) groups is 4. The van der Waals surface area contributed by atoms with Crippen molar-refractivity contribution in [2.75, 3.05) is 13.2 Å². The summed E-state index contributed by atoms with van der Waals surface area (Å²) in [6.07, 6.45) is 6.24. The highest BCUT2D eigenvalue weighted by Crippen LogP contribution is 2.47. The smallest absolute Gasteiger partial charge is 0.407 e. The lowest BCUT2D eigenvalue weighted by molar-refractivity contribution is -0.142. The minimum absolute atomic E-state index is 0.0843. The molecule has 2 aliphatic heterocycles. The number of carbonyl (C=O) groups excluding carboxylic acids is 4. The minimum atomic E-state index is -3.82. The Morgan fingerprint density at radius 3 is 2.45 bits per heavy atom. The zero-order chi connectivity index (χ0) is 34.0. The Morgan fingerprint density at radius 1 is 1.06 bits per heavy atom. The van der Waals surface area contributed by atoms with Crippen molar-refractivity contribution in [3.63, 3.8) is 0 Å². The van der Waals surface area contributed by atoms with Crippen LogP contribution in [-0.2, 0) is 35.6 Å².